The van der Waals surface area contributed by atoms with Gasteiger partial charge in [-0.2, -0.15) is 0 Å². The van der Waals surface area contributed by atoms with E-state index in [2.05, 4.69) is 55.3 Å². The molecule has 4 nitrogen and oxygen atoms in total. The van der Waals surface area contributed by atoms with Crippen LogP contribution in [0, 0.1) is 6.92 Å². The first-order valence-corrected chi connectivity index (χ1v) is 11.7. The number of aromatic nitrogens is 3. The first-order valence-electron chi connectivity index (χ1n) is 10.9. The Labute approximate surface area is 177 Å². The van der Waals surface area contributed by atoms with Crippen LogP contribution < -0.4 is 5.32 Å². The Bertz CT molecular complexity index is 955. The monoisotopic (exact) mass is 406 g/mol. The summed E-state index contributed by atoms with van der Waals surface area (Å²) in [6.45, 7) is 6.66. The zero-order chi connectivity index (χ0) is 20.2. The van der Waals surface area contributed by atoms with Gasteiger partial charge in [-0.25, -0.2) is 15.0 Å². The average molecular weight is 407 g/mol. The number of nitrogens with zero attached hydrogens (tertiary/aromatic N) is 3. The summed E-state index contributed by atoms with van der Waals surface area (Å²) in [5.41, 5.74) is 4.45. The van der Waals surface area contributed by atoms with Gasteiger partial charge in [-0.15, -0.1) is 11.3 Å². The fraction of sp³-hybridized carbons (Fsp3) is 0.458. The Morgan fingerprint density at radius 2 is 1.90 bits per heavy atom. The number of anilines is 1. The Hall–Kier alpha value is -2.27. The predicted molar refractivity (Wildman–Crippen MR) is 123 cm³/mol. The lowest BCUT2D eigenvalue weighted by Crippen LogP contribution is -2.05. The van der Waals surface area contributed by atoms with Crippen LogP contribution in [0.2, 0.25) is 0 Å². The predicted octanol–water partition coefficient (Wildman–Crippen LogP) is 6.83. The van der Waals surface area contributed by atoms with Crippen LogP contribution in [0.3, 0.4) is 0 Å². The van der Waals surface area contributed by atoms with Crippen LogP contribution in [0.15, 0.2) is 36.5 Å². The van der Waals surface area contributed by atoms with Crippen LogP contribution in [-0.2, 0) is 0 Å². The van der Waals surface area contributed by atoms with E-state index in [4.69, 9.17) is 9.97 Å². The van der Waals surface area contributed by atoms with Crippen LogP contribution in [0.25, 0.3) is 21.8 Å². The molecule has 0 unspecified atom stereocenters. The molecule has 2 heterocycles. The number of aryl methyl sites for hydroxylation is 1. The van der Waals surface area contributed by atoms with Crippen molar-refractivity contribution >= 4 is 17.3 Å². The highest BCUT2D eigenvalue weighted by molar-refractivity contribution is 7.15. The van der Waals surface area contributed by atoms with Gasteiger partial charge in [0.05, 0.1) is 21.3 Å². The topological polar surface area (TPSA) is 50.7 Å². The molecule has 3 aromatic rings. The van der Waals surface area contributed by atoms with Crippen LogP contribution in [0.4, 0.5) is 5.95 Å². The lowest BCUT2D eigenvalue weighted by Gasteiger charge is -2.11. The van der Waals surface area contributed by atoms with Crippen molar-refractivity contribution in [1.82, 2.24) is 15.0 Å². The van der Waals surface area contributed by atoms with Gasteiger partial charge in [0.2, 0.25) is 5.95 Å². The zero-order valence-corrected chi connectivity index (χ0v) is 18.4. The van der Waals surface area contributed by atoms with Crippen molar-refractivity contribution in [3.05, 3.63) is 47.1 Å². The molecule has 0 atom stereocenters. The number of thiazole rings is 1. The Morgan fingerprint density at radius 1 is 1.10 bits per heavy atom. The highest BCUT2D eigenvalue weighted by Crippen LogP contribution is 2.41. The van der Waals surface area contributed by atoms with Crippen molar-refractivity contribution in [3.63, 3.8) is 0 Å². The highest BCUT2D eigenvalue weighted by atomic mass is 32.1. The highest BCUT2D eigenvalue weighted by Gasteiger charge is 2.24. The van der Waals surface area contributed by atoms with Gasteiger partial charge in [0, 0.05) is 23.7 Å². The van der Waals surface area contributed by atoms with Crippen molar-refractivity contribution in [2.75, 3.05) is 5.32 Å². The second-order valence-corrected chi connectivity index (χ2v) is 9.09. The van der Waals surface area contributed by atoms with Gasteiger partial charge in [-0.1, -0.05) is 50.5 Å². The number of benzene rings is 1. The molecule has 1 N–H and O–H groups in total. The fourth-order valence-corrected chi connectivity index (χ4v) is 4.95. The maximum atomic E-state index is 5.18. The molecule has 5 heteroatoms. The van der Waals surface area contributed by atoms with Crippen LogP contribution >= 0.6 is 11.3 Å². The Morgan fingerprint density at radius 3 is 2.59 bits per heavy atom. The maximum Gasteiger partial charge on any atom is 0.223 e. The SMILES string of the molecule is CCCC(CCC)c1nc(-c2cccc(C)c2)c(-c2ccnc(NC3CC3)n2)s1. The van der Waals surface area contributed by atoms with Crippen LogP contribution in [0.1, 0.15) is 68.9 Å². The summed E-state index contributed by atoms with van der Waals surface area (Å²) in [4.78, 5) is 15.6. The summed E-state index contributed by atoms with van der Waals surface area (Å²) in [5.74, 6) is 1.26. The van der Waals surface area contributed by atoms with E-state index in [9.17, 15) is 0 Å². The van der Waals surface area contributed by atoms with E-state index in [-0.39, 0.29) is 0 Å². The van der Waals surface area contributed by atoms with E-state index < -0.39 is 0 Å². The molecule has 0 radical (unpaired) electrons. The number of hydrogen-bond acceptors (Lipinski definition) is 5. The van der Waals surface area contributed by atoms with Crippen molar-refractivity contribution < 1.29 is 0 Å². The smallest absolute Gasteiger partial charge is 0.223 e. The molecular formula is C24H30N4S. The minimum absolute atomic E-state index is 0.526. The average Bonchev–Trinajstić information content (AvgIpc) is 3.42. The third kappa shape index (κ3) is 4.84. The molecule has 1 fully saturated rings. The molecule has 0 bridgehead atoms. The quantitative estimate of drug-likeness (QED) is 0.423. The van der Waals surface area contributed by atoms with E-state index in [1.807, 2.05) is 23.6 Å². The van der Waals surface area contributed by atoms with Gasteiger partial charge in [0.15, 0.2) is 0 Å². The number of nitrogens with one attached hydrogen (secondary N) is 1. The van der Waals surface area contributed by atoms with E-state index in [1.165, 1.54) is 54.7 Å². The molecule has 4 rings (SSSR count). The molecule has 0 amide bonds. The summed E-state index contributed by atoms with van der Waals surface area (Å²) < 4.78 is 0. The standard InChI is InChI=1S/C24H30N4S/c1-4-7-17(8-5-2)23-28-21(18-10-6-9-16(3)15-18)22(29-23)20-13-14-25-24(27-20)26-19-11-12-19/h6,9-10,13-15,17,19H,4-5,7-8,11-12H2,1-3H3,(H,25,26,27). The molecule has 1 saturated carbocycles. The minimum Gasteiger partial charge on any atom is -0.351 e. The van der Waals surface area contributed by atoms with Gasteiger partial charge in [-0.05, 0) is 44.7 Å². The molecule has 0 aliphatic heterocycles. The van der Waals surface area contributed by atoms with Gasteiger partial charge in [-0.3, -0.25) is 0 Å². The largest absolute Gasteiger partial charge is 0.351 e. The first kappa shape index (κ1) is 20.0. The molecule has 0 spiro atoms. The summed E-state index contributed by atoms with van der Waals surface area (Å²) in [5, 5.41) is 4.67. The lowest BCUT2D eigenvalue weighted by molar-refractivity contribution is 0.558. The molecule has 0 saturated heterocycles. The number of rotatable bonds is 9. The summed E-state index contributed by atoms with van der Waals surface area (Å²) in [6.07, 6.45) is 9.02. The van der Waals surface area contributed by atoms with Gasteiger partial charge in [0.1, 0.15) is 0 Å². The van der Waals surface area contributed by atoms with Crippen molar-refractivity contribution in [2.45, 2.75) is 71.3 Å². The van der Waals surface area contributed by atoms with Crippen molar-refractivity contribution in [3.8, 4) is 21.8 Å². The van der Waals surface area contributed by atoms with E-state index in [0.717, 1.165) is 22.2 Å². The van der Waals surface area contributed by atoms with Crippen LogP contribution in [-0.4, -0.2) is 21.0 Å². The Balaban J connectivity index is 1.78. The minimum atomic E-state index is 0.526. The summed E-state index contributed by atoms with van der Waals surface area (Å²) in [6, 6.07) is 11.2. The second-order valence-electron chi connectivity index (χ2n) is 8.06. The van der Waals surface area contributed by atoms with E-state index in [1.54, 1.807) is 0 Å². The van der Waals surface area contributed by atoms with Crippen molar-refractivity contribution in [1.29, 1.82) is 0 Å². The summed E-state index contributed by atoms with van der Waals surface area (Å²) >= 11 is 1.82. The lowest BCUT2D eigenvalue weighted by atomic mass is 9.99. The van der Waals surface area contributed by atoms with E-state index in [0.29, 0.717) is 12.0 Å². The molecule has 1 aliphatic rings. The second kappa shape index (κ2) is 9.04. The molecule has 29 heavy (non-hydrogen) atoms. The third-order valence-electron chi connectivity index (χ3n) is 5.36. The number of hydrogen-bond donors (Lipinski definition) is 1. The van der Waals surface area contributed by atoms with Crippen molar-refractivity contribution in [2.24, 2.45) is 0 Å². The van der Waals surface area contributed by atoms with E-state index >= 15 is 0 Å². The fourth-order valence-electron chi connectivity index (χ4n) is 3.73. The third-order valence-corrected chi connectivity index (χ3v) is 6.60. The first-order chi connectivity index (χ1) is 14.2. The van der Waals surface area contributed by atoms with Gasteiger partial charge < -0.3 is 5.32 Å². The zero-order valence-electron chi connectivity index (χ0n) is 17.6. The molecule has 1 aliphatic carbocycles. The molecule has 1 aromatic carbocycles. The van der Waals surface area contributed by atoms with Gasteiger partial charge in [0.25, 0.3) is 0 Å². The molecule has 152 valence electrons. The molecular weight excluding hydrogens is 376 g/mol. The Kier molecular flexibility index (Phi) is 6.24. The van der Waals surface area contributed by atoms with Crippen LogP contribution in [0.5, 0.6) is 0 Å². The molecule has 2 aromatic heterocycles. The summed E-state index contributed by atoms with van der Waals surface area (Å²) in [7, 11) is 0. The maximum absolute atomic E-state index is 5.18. The normalized spacial score (nSPS) is 13.8. The van der Waals surface area contributed by atoms with Gasteiger partial charge >= 0.3 is 0 Å².